The average molecular weight is 247 g/mol. The van der Waals surface area contributed by atoms with Crippen LogP contribution in [0.4, 0.5) is 5.82 Å². The topological polar surface area (TPSA) is 68.0 Å². The number of nitrogens with two attached hydrogens (primary N) is 1. The van der Waals surface area contributed by atoms with E-state index >= 15 is 0 Å². The lowest BCUT2D eigenvalue weighted by Gasteiger charge is -2.08. The second kappa shape index (κ2) is 6.50. The third kappa shape index (κ3) is 3.81. The summed E-state index contributed by atoms with van der Waals surface area (Å²) in [6.07, 6.45) is 8.54. The SMILES string of the molecule is NCc1ccc(NC(=O)CCC2CCCC2)nc1. The Morgan fingerprint density at radius 1 is 1.39 bits per heavy atom. The van der Waals surface area contributed by atoms with Crippen LogP contribution in [0.15, 0.2) is 18.3 Å². The zero-order valence-electron chi connectivity index (χ0n) is 10.7. The molecule has 0 radical (unpaired) electrons. The molecule has 0 spiro atoms. The first-order valence-electron chi connectivity index (χ1n) is 6.73. The maximum Gasteiger partial charge on any atom is 0.225 e. The Labute approximate surface area is 108 Å². The molecule has 1 aliphatic carbocycles. The highest BCUT2D eigenvalue weighted by Gasteiger charge is 2.16. The molecule has 0 unspecified atom stereocenters. The molecule has 18 heavy (non-hydrogen) atoms. The van der Waals surface area contributed by atoms with Gasteiger partial charge in [0.15, 0.2) is 0 Å². The number of hydrogen-bond acceptors (Lipinski definition) is 3. The van der Waals surface area contributed by atoms with E-state index in [1.165, 1.54) is 25.7 Å². The van der Waals surface area contributed by atoms with Gasteiger partial charge in [-0.2, -0.15) is 0 Å². The number of rotatable bonds is 5. The van der Waals surface area contributed by atoms with Crippen molar-refractivity contribution < 1.29 is 4.79 Å². The number of carbonyl (C=O) groups excluding carboxylic acids is 1. The average Bonchev–Trinajstić information content (AvgIpc) is 2.90. The molecule has 4 nitrogen and oxygen atoms in total. The quantitative estimate of drug-likeness (QED) is 0.839. The first-order valence-corrected chi connectivity index (χ1v) is 6.73. The van der Waals surface area contributed by atoms with Gasteiger partial charge >= 0.3 is 0 Å². The fraction of sp³-hybridized carbons (Fsp3) is 0.571. The molecule has 0 aromatic carbocycles. The minimum absolute atomic E-state index is 0.0647. The molecule has 2 rings (SSSR count). The Morgan fingerprint density at radius 2 is 2.17 bits per heavy atom. The largest absolute Gasteiger partial charge is 0.326 e. The highest BCUT2D eigenvalue weighted by molar-refractivity contribution is 5.89. The van der Waals surface area contributed by atoms with Crippen LogP contribution in [0.3, 0.4) is 0 Å². The summed E-state index contributed by atoms with van der Waals surface area (Å²) in [6.45, 7) is 0.475. The molecule has 1 saturated carbocycles. The van der Waals surface area contributed by atoms with Crippen molar-refractivity contribution in [3.05, 3.63) is 23.9 Å². The van der Waals surface area contributed by atoms with Crippen LogP contribution < -0.4 is 11.1 Å². The van der Waals surface area contributed by atoms with Crippen molar-refractivity contribution in [1.29, 1.82) is 0 Å². The molecule has 0 saturated heterocycles. The van der Waals surface area contributed by atoms with Gasteiger partial charge in [-0.3, -0.25) is 4.79 Å². The van der Waals surface area contributed by atoms with Crippen molar-refractivity contribution in [3.63, 3.8) is 0 Å². The van der Waals surface area contributed by atoms with E-state index in [2.05, 4.69) is 10.3 Å². The van der Waals surface area contributed by atoms with Gasteiger partial charge in [0.05, 0.1) is 0 Å². The summed E-state index contributed by atoms with van der Waals surface area (Å²) in [6, 6.07) is 3.69. The molecule has 4 heteroatoms. The van der Waals surface area contributed by atoms with E-state index in [4.69, 9.17) is 5.73 Å². The Kier molecular flexibility index (Phi) is 4.70. The lowest BCUT2D eigenvalue weighted by Crippen LogP contribution is -2.13. The molecule has 1 aliphatic rings. The molecular formula is C14H21N3O. The van der Waals surface area contributed by atoms with Crippen LogP contribution in [-0.4, -0.2) is 10.9 Å². The number of nitrogens with zero attached hydrogens (tertiary/aromatic N) is 1. The van der Waals surface area contributed by atoms with E-state index in [0.29, 0.717) is 18.8 Å². The van der Waals surface area contributed by atoms with E-state index in [-0.39, 0.29) is 5.91 Å². The van der Waals surface area contributed by atoms with Crippen LogP contribution in [0.25, 0.3) is 0 Å². The maximum atomic E-state index is 11.7. The molecule has 98 valence electrons. The van der Waals surface area contributed by atoms with Crippen molar-refractivity contribution in [2.45, 2.75) is 45.1 Å². The van der Waals surface area contributed by atoms with Crippen molar-refractivity contribution in [1.82, 2.24) is 4.98 Å². The highest BCUT2D eigenvalue weighted by atomic mass is 16.1. The Balaban J connectivity index is 1.75. The number of amides is 1. The summed E-state index contributed by atoms with van der Waals surface area (Å²) in [5.41, 5.74) is 6.46. The van der Waals surface area contributed by atoms with Crippen LogP contribution in [0, 0.1) is 5.92 Å². The Morgan fingerprint density at radius 3 is 2.78 bits per heavy atom. The second-order valence-corrected chi connectivity index (χ2v) is 4.99. The summed E-state index contributed by atoms with van der Waals surface area (Å²) >= 11 is 0. The predicted octanol–water partition coefficient (Wildman–Crippen LogP) is 2.45. The molecule has 0 atom stereocenters. The molecule has 3 N–H and O–H groups in total. The number of nitrogens with one attached hydrogen (secondary N) is 1. The van der Waals surface area contributed by atoms with Crippen molar-refractivity contribution >= 4 is 11.7 Å². The molecule has 1 amide bonds. The molecule has 0 bridgehead atoms. The number of anilines is 1. The zero-order chi connectivity index (χ0) is 12.8. The van der Waals surface area contributed by atoms with Gasteiger partial charge in [0.25, 0.3) is 0 Å². The predicted molar refractivity (Wildman–Crippen MR) is 72.0 cm³/mol. The van der Waals surface area contributed by atoms with E-state index in [9.17, 15) is 4.79 Å². The van der Waals surface area contributed by atoms with Crippen LogP contribution in [0.5, 0.6) is 0 Å². The first kappa shape index (κ1) is 13.0. The Hall–Kier alpha value is -1.42. The number of aromatic nitrogens is 1. The monoisotopic (exact) mass is 247 g/mol. The van der Waals surface area contributed by atoms with E-state index < -0.39 is 0 Å². The third-order valence-corrected chi connectivity index (χ3v) is 3.58. The van der Waals surface area contributed by atoms with Gasteiger partial charge in [-0.05, 0) is 24.0 Å². The molecular weight excluding hydrogens is 226 g/mol. The number of carbonyl (C=O) groups is 1. The van der Waals surface area contributed by atoms with Crippen molar-refractivity contribution in [3.8, 4) is 0 Å². The standard InChI is InChI=1S/C14H21N3O/c15-9-12-5-7-13(16-10-12)17-14(18)8-6-11-3-1-2-4-11/h5,7,10-11H,1-4,6,8-9,15H2,(H,16,17,18). The summed E-state index contributed by atoms with van der Waals surface area (Å²) in [7, 11) is 0. The van der Waals surface area contributed by atoms with Crippen LogP contribution in [0.1, 0.15) is 44.1 Å². The number of pyridine rings is 1. The minimum atomic E-state index is 0.0647. The molecule has 0 aliphatic heterocycles. The normalized spacial score (nSPS) is 15.8. The summed E-state index contributed by atoms with van der Waals surface area (Å²) in [5.74, 6) is 1.43. The lowest BCUT2D eigenvalue weighted by atomic mass is 10.0. The first-order chi connectivity index (χ1) is 8.78. The lowest BCUT2D eigenvalue weighted by molar-refractivity contribution is -0.116. The van der Waals surface area contributed by atoms with Gasteiger partial charge in [-0.25, -0.2) is 4.98 Å². The van der Waals surface area contributed by atoms with Gasteiger partial charge in [-0.15, -0.1) is 0 Å². The van der Waals surface area contributed by atoms with Gasteiger partial charge in [-0.1, -0.05) is 31.7 Å². The van der Waals surface area contributed by atoms with Crippen LogP contribution in [0.2, 0.25) is 0 Å². The van der Waals surface area contributed by atoms with Gasteiger partial charge in [0.1, 0.15) is 5.82 Å². The van der Waals surface area contributed by atoms with Gasteiger partial charge in [0.2, 0.25) is 5.91 Å². The third-order valence-electron chi connectivity index (χ3n) is 3.58. The van der Waals surface area contributed by atoms with Gasteiger partial charge in [0, 0.05) is 19.2 Å². The second-order valence-electron chi connectivity index (χ2n) is 4.99. The minimum Gasteiger partial charge on any atom is -0.326 e. The smallest absolute Gasteiger partial charge is 0.225 e. The summed E-state index contributed by atoms with van der Waals surface area (Å²) in [5, 5.41) is 2.83. The summed E-state index contributed by atoms with van der Waals surface area (Å²) < 4.78 is 0. The van der Waals surface area contributed by atoms with E-state index in [1.54, 1.807) is 12.3 Å². The summed E-state index contributed by atoms with van der Waals surface area (Å²) in [4.78, 5) is 15.9. The molecule has 1 aromatic rings. The highest BCUT2D eigenvalue weighted by Crippen LogP contribution is 2.28. The van der Waals surface area contributed by atoms with Crippen LogP contribution >= 0.6 is 0 Å². The fourth-order valence-electron chi connectivity index (χ4n) is 2.46. The fourth-order valence-corrected chi connectivity index (χ4v) is 2.46. The zero-order valence-corrected chi connectivity index (χ0v) is 10.7. The van der Waals surface area contributed by atoms with Crippen molar-refractivity contribution in [2.75, 3.05) is 5.32 Å². The van der Waals surface area contributed by atoms with E-state index in [0.717, 1.165) is 17.9 Å². The number of hydrogen-bond donors (Lipinski definition) is 2. The van der Waals surface area contributed by atoms with Gasteiger partial charge < -0.3 is 11.1 Å². The molecule has 1 fully saturated rings. The molecule has 1 aromatic heterocycles. The van der Waals surface area contributed by atoms with Crippen molar-refractivity contribution in [2.24, 2.45) is 11.7 Å². The Bertz CT molecular complexity index is 383. The van der Waals surface area contributed by atoms with Crippen LogP contribution in [-0.2, 0) is 11.3 Å². The molecule has 1 heterocycles. The maximum absolute atomic E-state index is 11.7. The van der Waals surface area contributed by atoms with E-state index in [1.807, 2.05) is 6.07 Å².